The first kappa shape index (κ1) is 11.9. The highest BCUT2D eigenvalue weighted by Crippen LogP contribution is 2.31. The van der Waals surface area contributed by atoms with Crippen LogP contribution in [0.3, 0.4) is 0 Å². The van der Waals surface area contributed by atoms with E-state index >= 15 is 0 Å². The van der Waals surface area contributed by atoms with Crippen LogP contribution in [-0.4, -0.2) is 25.4 Å². The van der Waals surface area contributed by atoms with Gasteiger partial charge in [-0.05, 0) is 18.9 Å². The van der Waals surface area contributed by atoms with Crippen molar-refractivity contribution < 1.29 is 14.6 Å². The fraction of sp³-hybridized carbons (Fsp3) is 0.500. The Morgan fingerprint density at radius 1 is 1.33 bits per heavy atom. The van der Waals surface area contributed by atoms with Crippen LogP contribution in [0.4, 0.5) is 0 Å². The molecule has 1 rings (SSSR count). The maximum absolute atomic E-state index is 8.94. The zero-order chi connectivity index (χ0) is 11.1. The molecule has 0 aliphatic rings. The lowest BCUT2D eigenvalue weighted by atomic mass is 10.1. The summed E-state index contributed by atoms with van der Waals surface area (Å²) < 4.78 is 10.8. The number of aliphatic hydroxyl groups excluding tert-OH is 1. The molecule has 0 radical (unpaired) electrons. The van der Waals surface area contributed by atoms with Crippen LogP contribution in [0.5, 0.6) is 11.5 Å². The van der Waals surface area contributed by atoms with Gasteiger partial charge in [0.25, 0.3) is 0 Å². The van der Waals surface area contributed by atoms with Gasteiger partial charge in [0.2, 0.25) is 0 Å². The van der Waals surface area contributed by atoms with Gasteiger partial charge in [-0.25, -0.2) is 0 Å². The zero-order valence-corrected chi connectivity index (χ0v) is 9.32. The predicted molar refractivity (Wildman–Crippen MR) is 59.6 cm³/mol. The molecule has 0 spiro atoms. The number of methoxy groups -OCH3 is 1. The molecule has 3 heteroatoms. The normalized spacial score (nSPS) is 10.1. The maximum atomic E-state index is 8.94. The number of hydrogen-bond acceptors (Lipinski definition) is 3. The van der Waals surface area contributed by atoms with Crippen LogP contribution in [0.25, 0.3) is 0 Å². The molecule has 0 amide bonds. The van der Waals surface area contributed by atoms with Gasteiger partial charge in [-0.1, -0.05) is 19.1 Å². The Morgan fingerprint density at radius 3 is 2.73 bits per heavy atom. The highest BCUT2D eigenvalue weighted by molar-refractivity contribution is 5.46. The van der Waals surface area contributed by atoms with E-state index in [9.17, 15) is 0 Å². The summed E-state index contributed by atoms with van der Waals surface area (Å²) in [5.41, 5.74) is 0.991. The van der Waals surface area contributed by atoms with Gasteiger partial charge in [0.05, 0.1) is 13.7 Å². The zero-order valence-electron chi connectivity index (χ0n) is 9.32. The minimum atomic E-state index is 0.121. The van der Waals surface area contributed by atoms with Crippen LogP contribution in [0.15, 0.2) is 18.2 Å². The van der Waals surface area contributed by atoms with Crippen molar-refractivity contribution in [1.82, 2.24) is 0 Å². The van der Waals surface area contributed by atoms with E-state index in [-0.39, 0.29) is 6.61 Å². The summed E-state index contributed by atoms with van der Waals surface area (Å²) in [6.07, 6.45) is 1.55. The van der Waals surface area contributed by atoms with E-state index in [1.165, 1.54) is 0 Å². The van der Waals surface area contributed by atoms with E-state index in [2.05, 4.69) is 6.92 Å². The lowest BCUT2D eigenvalue weighted by molar-refractivity contribution is 0.278. The molecule has 0 atom stereocenters. The molecule has 0 saturated heterocycles. The number of aliphatic hydroxyl groups is 1. The molecule has 0 aromatic heterocycles. The van der Waals surface area contributed by atoms with E-state index in [4.69, 9.17) is 14.6 Å². The molecule has 0 aliphatic heterocycles. The van der Waals surface area contributed by atoms with Crippen molar-refractivity contribution in [3.8, 4) is 11.5 Å². The van der Waals surface area contributed by atoms with Crippen molar-refractivity contribution in [2.45, 2.75) is 19.8 Å². The molecule has 0 aliphatic carbocycles. The Bertz CT molecular complexity index is 297. The van der Waals surface area contributed by atoms with E-state index in [1.54, 1.807) is 7.11 Å². The van der Waals surface area contributed by atoms with Crippen LogP contribution >= 0.6 is 0 Å². The summed E-state index contributed by atoms with van der Waals surface area (Å²) in [5.74, 6) is 1.49. The SMILES string of the molecule is CCCOc1c(CCO)cccc1OC. The molecule has 1 aromatic carbocycles. The van der Waals surface area contributed by atoms with E-state index in [0.717, 1.165) is 23.5 Å². The second kappa shape index (κ2) is 6.30. The van der Waals surface area contributed by atoms with Crippen LogP contribution in [-0.2, 0) is 6.42 Å². The van der Waals surface area contributed by atoms with Gasteiger partial charge in [0.1, 0.15) is 0 Å². The van der Waals surface area contributed by atoms with Crippen LogP contribution in [0.2, 0.25) is 0 Å². The Morgan fingerprint density at radius 2 is 2.13 bits per heavy atom. The van der Waals surface area contributed by atoms with Gasteiger partial charge in [-0.2, -0.15) is 0 Å². The molecule has 0 fully saturated rings. The molecule has 0 saturated carbocycles. The minimum absolute atomic E-state index is 0.121. The maximum Gasteiger partial charge on any atom is 0.164 e. The number of hydrogen-bond donors (Lipinski definition) is 1. The Hall–Kier alpha value is -1.22. The Kier molecular flexibility index (Phi) is 4.98. The van der Waals surface area contributed by atoms with Crippen molar-refractivity contribution in [3.05, 3.63) is 23.8 Å². The van der Waals surface area contributed by atoms with Crippen LogP contribution in [0, 0.1) is 0 Å². The molecule has 15 heavy (non-hydrogen) atoms. The van der Waals surface area contributed by atoms with Gasteiger partial charge >= 0.3 is 0 Å². The molecule has 0 heterocycles. The summed E-state index contributed by atoms with van der Waals surface area (Å²) in [6, 6.07) is 5.72. The highest BCUT2D eigenvalue weighted by atomic mass is 16.5. The van der Waals surface area contributed by atoms with Gasteiger partial charge in [-0.15, -0.1) is 0 Å². The van der Waals surface area contributed by atoms with Crippen molar-refractivity contribution in [2.75, 3.05) is 20.3 Å². The summed E-state index contributed by atoms with van der Waals surface area (Å²) in [6.45, 7) is 2.84. The van der Waals surface area contributed by atoms with Crippen molar-refractivity contribution >= 4 is 0 Å². The number of benzene rings is 1. The molecule has 1 aromatic rings. The molecule has 0 bridgehead atoms. The summed E-state index contributed by atoms with van der Waals surface area (Å²) in [7, 11) is 1.62. The monoisotopic (exact) mass is 210 g/mol. The van der Waals surface area contributed by atoms with Crippen molar-refractivity contribution in [1.29, 1.82) is 0 Å². The average Bonchev–Trinajstić information content (AvgIpc) is 2.27. The first-order valence-electron chi connectivity index (χ1n) is 5.23. The number of para-hydroxylation sites is 1. The van der Waals surface area contributed by atoms with Crippen molar-refractivity contribution in [2.24, 2.45) is 0 Å². The Balaban J connectivity index is 2.92. The fourth-order valence-electron chi connectivity index (χ4n) is 1.41. The van der Waals surface area contributed by atoms with Gasteiger partial charge in [0.15, 0.2) is 11.5 Å². The predicted octanol–water partition coefficient (Wildman–Crippen LogP) is 2.02. The van der Waals surface area contributed by atoms with E-state index in [0.29, 0.717) is 13.0 Å². The molecule has 84 valence electrons. The number of ether oxygens (including phenoxy) is 2. The standard InChI is InChI=1S/C12H18O3/c1-3-9-15-12-10(7-8-13)5-4-6-11(12)14-2/h4-6,13H,3,7-9H2,1-2H3. The smallest absolute Gasteiger partial charge is 0.164 e. The highest BCUT2D eigenvalue weighted by Gasteiger charge is 2.09. The third kappa shape index (κ3) is 3.13. The van der Waals surface area contributed by atoms with Gasteiger partial charge in [0, 0.05) is 12.2 Å². The first-order chi connectivity index (χ1) is 7.33. The fourth-order valence-corrected chi connectivity index (χ4v) is 1.41. The molecule has 1 N–H and O–H groups in total. The summed E-state index contributed by atoms with van der Waals surface area (Å²) in [5, 5.41) is 8.94. The van der Waals surface area contributed by atoms with Gasteiger partial charge in [-0.3, -0.25) is 0 Å². The summed E-state index contributed by atoms with van der Waals surface area (Å²) in [4.78, 5) is 0. The van der Waals surface area contributed by atoms with Crippen LogP contribution < -0.4 is 9.47 Å². The average molecular weight is 210 g/mol. The quantitative estimate of drug-likeness (QED) is 0.780. The van der Waals surface area contributed by atoms with Crippen molar-refractivity contribution in [3.63, 3.8) is 0 Å². The first-order valence-corrected chi connectivity index (χ1v) is 5.23. The molecular formula is C12H18O3. The Labute approximate surface area is 90.6 Å². The molecule has 3 nitrogen and oxygen atoms in total. The summed E-state index contributed by atoms with van der Waals surface area (Å²) >= 11 is 0. The lowest BCUT2D eigenvalue weighted by Crippen LogP contribution is -2.02. The lowest BCUT2D eigenvalue weighted by Gasteiger charge is -2.13. The molecular weight excluding hydrogens is 192 g/mol. The van der Waals surface area contributed by atoms with Gasteiger partial charge < -0.3 is 14.6 Å². The molecule has 0 unspecified atom stereocenters. The largest absolute Gasteiger partial charge is 0.493 e. The topological polar surface area (TPSA) is 38.7 Å². The third-order valence-corrected chi connectivity index (χ3v) is 2.11. The second-order valence-electron chi connectivity index (χ2n) is 3.27. The van der Waals surface area contributed by atoms with E-state index in [1.807, 2.05) is 18.2 Å². The third-order valence-electron chi connectivity index (χ3n) is 2.11. The minimum Gasteiger partial charge on any atom is -0.493 e. The number of rotatable bonds is 6. The second-order valence-corrected chi connectivity index (χ2v) is 3.27. The van der Waals surface area contributed by atoms with E-state index < -0.39 is 0 Å². The van der Waals surface area contributed by atoms with Crippen LogP contribution in [0.1, 0.15) is 18.9 Å².